The third kappa shape index (κ3) is 4.54. The van der Waals surface area contributed by atoms with Gasteiger partial charge in [0, 0.05) is 12.5 Å². The van der Waals surface area contributed by atoms with Crippen molar-refractivity contribution in [1.29, 1.82) is 0 Å². The van der Waals surface area contributed by atoms with Gasteiger partial charge < -0.3 is 14.6 Å². The highest BCUT2D eigenvalue weighted by molar-refractivity contribution is 5.69. The average Bonchev–Trinajstić information content (AvgIpc) is 2.83. The topological polar surface area (TPSA) is 59.0 Å². The minimum atomic E-state index is -0.804. The summed E-state index contributed by atoms with van der Waals surface area (Å²) in [6, 6.07) is 2.58. The number of hydrogen-bond acceptors (Lipinski definition) is 4. The van der Waals surface area contributed by atoms with Gasteiger partial charge in [-0.3, -0.25) is 4.90 Å². The Morgan fingerprint density at radius 2 is 2.09 bits per heavy atom. The number of carbonyl (C=O) groups is 1. The minimum Gasteiger partial charge on any atom is -0.485 e. The normalized spacial score (nSPS) is 21.4. The average molecular weight is 329 g/mol. The van der Waals surface area contributed by atoms with E-state index in [4.69, 9.17) is 9.47 Å². The zero-order valence-corrected chi connectivity index (χ0v) is 13.4. The van der Waals surface area contributed by atoms with Crippen LogP contribution in [-0.4, -0.2) is 47.0 Å². The van der Waals surface area contributed by atoms with Crippen molar-refractivity contribution < 1.29 is 28.2 Å². The van der Waals surface area contributed by atoms with Crippen LogP contribution >= 0.6 is 0 Å². The van der Waals surface area contributed by atoms with E-state index in [9.17, 15) is 18.7 Å². The van der Waals surface area contributed by atoms with Crippen molar-refractivity contribution in [1.82, 2.24) is 4.90 Å². The van der Waals surface area contributed by atoms with Crippen LogP contribution in [0.1, 0.15) is 27.2 Å². The number of amides is 1. The molecule has 5 nitrogen and oxygen atoms in total. The van der Waals surface area contributed by atoms with Gasteiger partial charge in [0.15, 0.2) is 11.6 Å². The first-order valence-electron chi connectivity index (χ1n) is 7.42. The van der Waals surface area contributed by atoms with Gasteiger partial charge in [0.1, 0.15) is 17.5 Å². The number of hydrogen-bond donors (Lipinski definition) is 1. The van der Waals surface area contributed by atoms with Crippen LogP contribution < -0.4 is 4.74 Å². The van der Waals surface area contributed by atoms with Crippen molar-refractivity contribution in [3.05, 3.63) is 29.8 Å². The van der Waals surface area contributed by atoms with E-state index in [0.717, 1.165) is 12.1 Å². The van der Waals surface area contributed by atoms with Crippen LogP contribution in [0, 0.1) is 11.6 Å². The molecule has 0 aliphatic carbocycles. The van der Waals surface area contributed by atoms with Crippen molar-refractivity contribution in [3.63, 3.8) is 0 Å². The quantitative estimate of drug-likeness (QED) is 0.926. The molecule has 1 aromatic carbocycles. The summed E-state index contributed by atoms with van der Waals surface area (Å²) in [5, 5.41) is 9.43. The summed E-state index contributed by atoms with van der Waals surface area (Å²) in [6.07, 6.45) is -0.714. The van der Waals surface area contributed by atoms with Crippen molar-refractivity contribution in [2.24, 2.45) is 0 Å². The maximum absolute atomic E-state index is 13.6. The molecule has 1 aliphatic heterocycles. The molecule has 0 saturated carbocycles. The fourth-order valence-corrected chi connectivity index (χ4v) is 2.43. The molecule has 1 amide bonds. The second-order valence-electron chi connectivity index (χ2n) is 6.52. The third-order valence-corrected chi connectivity index (χ3v) is 3.40. The van der Waals surface area contributed by atoms with Gasteiger partial charge in [-0.1, -0.05) is 0 Å². The Balaban J connectivity index is 2.05. The number of aliphatic hydroxyl groups excluding tert-OH is 1. The van der Waals surface area contributed by atoms with Gasteiger partial charge >= 0.3 is 6.09 Å². The van der Waals surface area contributed by atoms with Crippen molar-refractivity contribution in [3.8, 4) is 5.75 Å². The minimum absolute atomic E-state index is 0.0841. The zero-order valence-electron chi connectivity index (χ0n) is 13.4. The van der Waals surface area contributed by atoms with Crippen LogP contribution in [0.5, 0.6) is 5.75 Å². The van der Waals surface area contributed by atoms with E-state index < -0.39 is 35.5 Å². The SMILES string of the molecule is CC(C)(C)OC(=O)N1C[C@@H](Oc2ccc(F)cc2F)C[C@H]1CO. The van der Waals surface area contributed by atoms with Gasteiger partial charge in [-0.25, -0.2) is 13.6 Å². The zero-order chi connectivity index (χ0) is 17.2. The molecule has 2 atom stereocenters. The first-order valence-corrected chi connectivity index (χ1v) is 7.42. The largest absolute Gasteiger partial charge is 0.485 e. The second kappa shape index (κ2) is 6.70. The molecule has 1 N–H and O–H groups in total. The summed E-state index contributed by atoms with van der Waals surface area (Å²) in [4.78, 5) is 13.5. The number of likely N-dealkylation sites (tertiary alicyclic amines) is 1. The molecule has 128 valence electrons. The number of nitrogens with zero attached hydrogens (tertiary/aromatic N) is 1. The lowest BCUT2D eigenvalue weighted by Crippen LogP contribution is -2.41. The van der Waals surface area contributed by atoms with Gasteiger partial charge in [0.2, 0.25) is 0 Å². The smallest absolute Gasteiger partial charge is 0.410 e. The molecule has 1 fully saturated rings. The molecular formula is C16H21F2NO4. The number of rotatable bonds is 3. The first-order chi connectivity index (χ1) is 10.7. The van der Waals surface area contributed by atoms with Crippen LogP contribution in [-0.2, 0) is 4.74 Å². The first kappa shape index (κ1) is 17.5. The molecule has 0 unspecified atom stereocenters. The maximum atomic E-state index is 13.6. The highest BCUT2D eigenvalue weighted by Gasteiger charge is 2.38. The van der Waals surface area contributed by atoms with E-state index in [1.165, 1.54) is 11.0 Å². The second-order valence-corrected chi connectivity index (χ2v) is 6.52. The monoisotopic (exact) mass is 329 g/mol. The molecule has 1 heterocycles. The van der Waals surface area contributed by atoms with E-state index in [2.05, 4.69) is 0 Å². The Morgan fingerprint density at radius 3 is 2.65 bits per heavy atom. The lowest BCUT2D eigenvalue weighted by Gasteiger charge is -2.27. The summed E-state index contributed by atoms with van der Waals surface area (Å²) in [6.45, 7) is 5.16. The standard InChI is InChI=1S/C16H21F2NO4/c1-16(2,3)23-15(21)19-8-12(7-11(19)9-20)22-14-5-4-10(17)6-13(14)18/h4-6,11-12,20H,7-9H2,1-3H3/t11-,12-/m0/s1. The molecule has 2 rings (SSSR count). The molecule has 23 heavy (non-hydrogen) atoms. The molecule has 1 aliphatic rings. The predicted molar refractivity (Wildman–Crippen MR) is 79.2 cm³/mol. The lowest BCUT2D eigenvalue weighted by molar-refractivity contribution is 0.0165. The highest BCUT2D eigenvalue weighted by Crippen LogP contribution is 2.26. The Bertz CT molecular complexity index is 574. The van der Waals surface area contributed by atoms with Crippen LogP contribution in [0.2, 0.25) is 0 Å². The Hall–Kier alpha value is -1.89. The third-order valence-electron chi connectivity index (χ3n) is 3.40. The van der Waals surface area contributed by atoms with Crippen LogP contribution in [0.15, 0.2) is 18.2 Å². The van der Waals surface area contributed by atoms with Gasteiger partial charge in [-0.15, -0.1) is 0 Å². The van der Waals surface area contributed by atoms with Crippen LogP contribution in [0.25, 0.3) is 0 Å². The number of benzene rings is 1. The molecule has 0 aromatic heterocycles. The van der Waals surface area contributed by atoms with E-state index in [-0.39, 0.29) is 18.9 Å². The van der Waals surface area contributed by atoms with E-state index >= 15 is 0 Å². The fourth-order valence-electron chi connectivity index (χ4n) is 2.43. The Morgan fingerprint density at radius 1 is 1.39 bits per heavy atom. The number of halogens is 2. The summed E-state index contributed by atoms with van der Waals surface area (Å²) in [5.74, 6) is -1.58. The molecule has 0 radical (unpaired) electrons. The molecule has 1 aromatic rings. The van der Waals surface area contributed by atoms with Gasteiger partial charge in [-0.2, -0.15) is 0 Å². The Kier molecular flexibility index (Phi) is 5.09. The fraction of sp³-hybridized carbons (Fsp3) is 0.562. The highest BCUT2D eigenvalue weighted by atomic mass is 19.1. The summed E-state index contributed by atoms with van der Waals surface area (Å²) >= 11 is 0. The number of ether oxygens (including phenoxy) is 2. The van der Waals surface area contributed by atoms with Gasteiger partial charge in [-0.05, 0) is 32.9 Å². The van der Waals surface area contributed by atoms with E-state index in [0.29, 0.717) is 6.42 Å². The Labute approximate surface area is 133 Å². The van der Waals surface area contributed by atoms with Crippen LogP contribution in [0.3, 0.4) is 0 Å². The molecular weight excluding hydrogens is 308 g/mol. The van der Waals surface area contributed by atoms with Crippen molar-refractivity contribution in [2.75, 3.05) is 13.2 Å². The molecule has 0 spiro atoms. The van der Waals surface area contributed by atoms with Gasteiger partial charge in [0.05, 0.1) is 19.2 Å². The molecule has 1 saturated heterocycles. The van der Waals surface area contributed by atoms with Crippen molar-refractivity contribution in [2.45, 2.75) is 44.9 Å². The van der Waals surface area contributed by atoms with E-state index in [1.807, 2.05) is 0 Å². The number of aliphatic hydroxyl groups is 1. The van der Waals surface area contributed by atoms with Crippen molar-refractivity contribution >= 4 is 6.09 Å². The summed E-state index contributed by atoms with van der Waals surface area (Å²) in [7, 11) is 0. The summed E-state index contributed by atoms with van der Waals surface area (Å²) in [5.41, 5.74) is -0.654. The maximum Gasteiger partial charge on any atom is 0.410 e. The molecule has 0 bridgehead atoms. The molecule has 7 heteroatoms. The van der Waals surface area contributed by atoms with E-state index in [1.54, 1.807) is 20.8 Å². The number of carbonyl (C=O) groups excluding carboxylic acids is 1. The van der Waals surface area contributed by atoms with Gasteiger partial charge in [0.25, 0.3) is 0 Å². The van der Waals surface area contributed by atoms with Crippen LogP contribution in [0.4, 0.5) is 13.6 Å². The predicted octanol–water partition coefficient (Wildman–Crippen LogP) is 2.71. The summed E-state index contributed by atoms with van der Waals surface area (Å²) < 4.78 is 37.3. The lowest BCUT2D eigenvalue weighted by atomic mass is 10.2.